The van der Waals surface area contributed by atoms with Crippen molar-refractivity contribution in [3.63, 3.8) is 0 Å². The first-order chi connectivity index (χ1) is 4.87. The fourth-order valence-corrected chi connectivity index (χ4v) is 0.913. The van der Waals surface area contributed by atoms with Crippen molar-refractivity contribution in [2.24, 2.45) is 0 Å². The molecule has 0 bridgehead atoms. The van der Waals surface area contributed by atoms with E-state index in [0.717, 1.165) is 0 Å². The minimum atomic E-state index is -5.00. The predicted molar refractivity (Wildman–Crippen MR) is 32.0 cm³/mol. The second kappa shape index (κ2) is 3.28. The monoisotopic (exact) mass is 190 g/mol. The maximum atomic E-state index is 11.7. The van der Waals surface area contributed by atoms with Crippen LogP contribution in [0, 0.1) is 0 Å². The molecule has 0 aliphatic carbocycles. The summed E-state index contributed by atoms with van der Waals surface area (Å²) in [4.78, 5) is 0. The SMILES string of the molecule is C=COP(=O)(OC)C(F)(F)F. The molecule has 0 aliphatic rings. The predicted octanol–water partition coefficient (Wildman–Crippen LogP) is 2.51. The van der Waals surface area contributed by atoms with Crippen LogP contribution in [0.1, 0.15) is 0 Å². The highest BCUT2D eigenvalue weighted by molar-refractivity contribution is 7.54. The Hall–Kier alpha value is -0.480. The molecule has 11 heavy (non-hydrogen) atoms. The smallest absolute Gasteiger partial charge is 0.427 e. The molecule has 0 rings (SSSR count). The fourth-order valence-electron chi connectivity index (χ4n) is 0.304. The Morgan fingerprint density at radius 2 is 2.00 bits per heavy atom. The van der Waals surface area contributed by atoms with E-state index in [9.17, 15) is 17.7 Å². The van der Waals surface area contributed by atoms with Crippen LogP contribution in [0.15, 0.2) is 12.8 Å². The number of hydrogen-bond donors (Lipinski definition) is 0. The van der Waals surface area contributed by atoms with Gasteiger partial charge in [0.2, 0.25) is 0 Å². The Bertz CT molecular complexity index is 188. The van der Waals surface area contributed by atoms with Crippen molar-refractivity contribution in [3.8, 4) is 0 Å². The van der Waals surface area contributed by atoms with Crippen LogP contribution in [0.25, 0.3) is 0 Å². The molecule has 0 amide bonds. The zero-order valence-corrected chi connectivity index (χ0v) is 6.48. The van der Waals surface area contributed by atoms with Crippen LogP contribution >= 0.6 is 7.60 Å². The summed E-state index contributed by atoms with van der Waals surface area (Å²) in [7, 11) is -4.35. The van der Waals surface area contributed by atoms with Gasteiger partial charge >= 0.3 is 13.5 Å². The van der Waals surface area contributed by atoms with Crippen LogP contribution in [-0.4, -0.2) is 13.0 Å². The highest BCUT2D eigenvalue weighted by Crippen LogP contribution is 2.62. The van der Waals surface area contributed by atoms with Gasteiger partial charge in [-0.3, -0.25) is 4.52 Å². The molecule has 0 aromatic rings. The number of rotatable bonds is 3. The Balaban J connectivity index is 4.61. The van der Waals surface area contributed by atoms with Gasteiger partial charge in [-0.15, -0.1) is 0 Å². The molecule has 0 saturated heterocycles. The van der Waals surface area contributed by atoms with E-state index in [-0.39, 0.29) is 0 Å². The van der Waals surface area contributed by atoms with E-state index in [2.05, 4.69) is 15.6 Å². The van der Waals surface area contributed by atoms with Gasteiger partial charge in [-0.2, -0.15) is 13.2 Å². The lowest BCUT2D eigenvalue weighted by molar-refractivity contribution is -0.0690. The molecule has 3 nitrogen and oxygen atoms in total. The minimum Gasteiger partial charge on any atom is -0.427 e. The lowest BCUT2D eigenvalue weighted by Gasteiger charge is -2.16. The van der Waals surface area contributed by atoms with E-state index in [4.69, 9.17) is 0 Å². The molecule has 0 heterocycles. The molecule has 66 valence electrons. The summed E-state index contributed by atoms with van der Waals surface area (Å²) in [6.07, 6.45) is 0.428. The third kappa shape index (κ3) is 2.24. The topological polar surface area (TPSA) is 35.5 Å². The summed E-state index contributed by atoms with van der Waals surface area (Å²) in [5.74, 6) is -5.00. The summed E-state index contributed by atoms with van der Waals surface area (Å²) >= 11 is 0. The summed E-state index contributed by atoms with van der Waals surface area (Å²) in [6, 6.07) is 0. The van der Waals surface area contributed by atoms with Crippen molar-refractivity contribution in [2.45, 2.75) is 5.92 Å². The Labute approximate surface area is 61.3 Å². The van der Waals surface area contributed by atoms with Gasteiger partial charge in [0.15, 0.2) is 0 Å². The lowest BCUT2D eigenvalue weighted by Crippen LogP contribution is -2.10. The molecule has 1 atom stereocenters. The van der Waals surface area contributed by atoms with Crippen molar-refractivity contribution < 1.29 is 26.8 Å². The molecule has 0 aromatic heterocycles. The summed E-state index contributed by atoms with van der Waals surface area (Å²) in [6.45, 7) is 2.83. The minimum absolute atomic E-state index is 0.428. The second-order valence-electron chi connectivity index (χ2n) is 1.42. The second-order valence-corrected chi connectivity index (χ2v) is 3.50. The number of alkyl halides is 3. The van der Waals surface area contributed by atoms with Crippen LogP contribution in [0.2, 0.25) is 0 Å². The molecule has 7 heteroatoms. The molecular weight excluding hydrogens is 184 g/mol. The normalized spacial score (nSPS) is 17.1. The molecule has 0 saturated carbocycles. The average Bonchev–Trinajstić information content (AvgIpc) is 1.86. The van der Waals surface area contributed by atoms with Gasteiger partial charge < -0.3 is 4.52 Å². The number of hydrogen-bond acceptors (Lipinski definition) is 3. The largest absolute Gasteiger partial charge is 0.506 e. The van der Waals surface area contributed by atoms with Gasteiger partial charge in [-0.1, -0.05) is 6.58 Å². The van der Waals surface area contributed by atoms with Crippen molar-refractivity contribution in [3.05, 3.63) is 12.8 Å². The first kappa shape index (κ1) is 10.5. The Kier molecular flexibility index (Phi) is 3.13. The van der Waals surface area contributed by atoms with Gasteiger partial charge in [-0.25, -0.2) is 4.57 Å². The zero-order chi connectivity index (χ0) is 9.12. The molecule has 0 N–H and O–H groups in total. The van der Waals surface area contributed by atoms with Gasteiger partial charge in [0.25, 0.3) is 0 Å². The van der Waals surface area contributed by atoms with Crippen molar-refractivity contribution in [1.82, 2.24) is 0 Å². The van der Waals surface area contributed by atoms with Crippen molar-refractivity contribution >= 4 is 7.60 Å². The van der Waals surface area contributed by atoms with Crippen LogP contribution in [0.5, 0.6) is 0 Å². The fraction of sp³-hybridized carbons (Fsp3) is 0.500. The quantitative estimate of drug-likeness (QED) is 0.506. The van der Waals surface area contributed by atoms with E-state index in [0.29, 0.717) is 13.4 Å². The first-order valence-electron chi connectivity index (χ1n) is 2.39. The van der Waals surface area contributed by atoms with Gasteiger partial charge in [0.1, 0.15) is 0 Å². The average molecular weight is 190 g/mol. The Morgan fingerprint density at radius 1 is 1.55 bits per heavy atom. The first-order valence-corrected chi connectivity index (χ1v) is 3.93. The van der Waals surface area contributed by atoms with E-state index < -0.39 is 13.5 Å². The third-order valence-corrected chi connectivity index (χ3v) is 2.29. The van der Waals surface area contributed by atoms with E-state index in [1.165, 1.54) is 0 Å². The van der Waals surface area contributed by atoms with Gasteiger partial charge in [0, 0.05) is 7.11 Å². The molecule has 0 radical (unpaired) electrons. The zero-order valence-electron chi connectivity index (χ0n) is 5.59. The molecule has 0 aliphatic heterocycles. The molecule has 0 spiro atoms. The molecule has 0 aromatic carbocycles. The Morgan fingerprint density at radius 3 is 2.09 bits per heavy atom. The van der Waals surface area contributed by atoms with Crippen molar-refractivity contribution in [1.29, 1.82) is 0 Å². The van der Waals surface area contributed by atoms with Crippen LogP contribution in [-0.2, 0) is 13.6 Å². The summed E-state index contributed by atoms with van der Waals surface area (Å²) < 4.78 is 53.2. The van der Waals surface area contributed by atoms with Crippen LogP contribution in [0.3, 0.4) is 0 Å². The standard InChI is InChI=1S/C4H6F3O3P/c1-3-10-11(8,9-2)4(5,6)7/h3H,1H2,2H3. The maximum absolute atomic E-state index is 11.7. The number of halogens is 3. The lowest BCUT2D eigenvalue weighted by atomic mass is 11.2. The maximum Gasteiger partial charge on any atom is 0.506 e. The van der Waals surface area contributed by atoms with Gasteiger partial charge in [0.05, 0.1) is 6.26 Å². The summed E-state index contributed by atoms with van der Waals surface area (Å²) in [5.41, 5.74) is 0. The summed E-state index contributed by atoms with van der Waals surface area (Å²) in [5, 5.41) is 0. The van der Waals surface area contributed by atoms with E-state index in [1.54, 1.807) is 0 Å². The van der Waals surface area contributed by atoms with Crippen LogP contribution < -0.4 is 0 Å². The van der Waals surface area contributed by atoms with Gasteiger partial charge in [-0.05, 0) is 0 Å². The van der Waals surface area contributed by atoms with Crippen molar-refractivity contribution in [2.75, 3.05) is 7.11 Å². The van der Waals surface area contributed by atoms with Crippen LogP contribution in [0.4, 0.5) is 13.2 Å². The highest BCUT2D eigenvalue weighted by Gasteiger charge is 2.55. The molecule has 0 fully saturated rings. The third-order valence-electron chi connectivity index (χ3n) is 0.764. The van der Waals surface area contributed by atoms with E-state index >= 15 is 0 Å². The highest BCUT2D eigenvalue weighted by atomic mass is 31.2. The molecule has 1 unspecified atom stereocenters. The van der Waals surface area contributed by atoms with E-state index in [1.807, 2.05) is 0 Å². The molecular formula is C4H6F3O3P.